The largest absolute Gasteiger partial charge is 0.361 e. The molecule has 2 aromatic carbocycles. The van der Waals surface area contributed by atoms with Crippen molar-refractivity contribution in [2.75, 3.05) is 13.1 Å². The van der Waals surface area contributed by atoms with Crippen LogP contribution in [0.4, 0.5) is 0 Å². The fraction of sp³-hybridized carbons (Fsp3) is 0.273. The summed E-state index contributed by atoms with van der Waals surface area (Å²) in [7, 11) is 0. The molecule has 1 aliphatic heterocycles. The number of rotatable bonds is 2. The Kier molecular flexibility index (Phi) is 3.74. The normalized spacial score (nSPS) is 15.7. The van der Waals surface area contributed by atoms with Gasteiger partial charge in [-0.15, -0.1) is 0 Å². The van der Waals surface area contributed by atoms with Crippen LogP contribution in [-0.4, -0.2) is 38.8 Å². The number of likely N-dealkylation sites (tertiary alicyclic amines) is 1. The van der Waals surface area contributed by atoms with Crippen LogP contribution < -0.4 is 0 Å². The van der Waals surface area contributed by atoms with Gasteiger partial charge in [-0.2, -0.15) is 0 Å². The molecule has 5 rings (SSSR count). The quantitative estimate of drug-likeness (QED) is 0.559. The van der Waals surface area contributed by atoms with Crippen LogP contribution in [0.25, 0.3) is 21.9 Å². The molecule has 2 N–H and O–H groups in total. The Bertz CT molecular complexity index is 1130. The summed E-state index contributed by atoms with van der Waals surface area (Å²) in [6.07, 6.45) is 3.78. The van der Waals surface area contributed by atoms with E-state index in [1.807, 2.05) is 35.4 Å². The number of H-pyrrole nitrogens is 2. The number of piperidine rings is 1. The smallest absolute Gasteiger partial charge is 0.253 e. The predicted molar refractivity (Wildman–Crippen MR) is 107 cm³/mol. The number of imidazole rings is 1. The molecule has 0 aliphatic carbocycles. The molecule has 0 spiro atoms. The number of carbonyl (C=O) groups is 1. The monoisotopic (exact) mass is 358 g/mol. The van der Waals surface area contributed by atoms with Crippen molar-refractivity contribution in [2.45, 2.75) is 25.7 Å². The maximum atomic E-state index is 12.9. The van der Waals surface area contributed by atoms with Crippen molar-refractivity contribution < 1.29 is 4.79 Å². The molecule has 5 nitrogen and oxygen atoms in total. The number of aryl methyl sites for hydroxylation is 1. The molecule has 0 saturated carbocycles. The number of amides is 1. The Morgan fingerprint density at radius 3 is 2.78 bits per heavy atom. The van der Waals surface area contributed by atoms with Gasteiger partial charge >= 0.3 is 0 Å². The van der Waals surface area contributed by atoms with Gasteiger partial charge in [-0.25, -0.2) is 4.98 Å². The average molecular weight is 358 g/mol. The lowest BCUT2D eigenvalue weighted by molar-refractivity contribution is 0.0711. The molecule has 1 saturated heterocycles. The molecule has 1 amide bonds. The summed E-state index contributed by atoms with van der Waals surface area (Å²) < 4.78 is 0. The summed E-state index contributed by atoms with van der Waals surface area (Å²) >= 11 is 0. The van der Waals surface area contributed by atoms with E-state index in [9.17, 15) is 4.79 Å². The number of aromatic nitrogens is 3. The predicted octanol–water partition coefficient (Wildman–Crippen LogP) is 4.37. The van der Waals surface area contributed by atoms with Crippen LogP contribution in [0.2, 0.25) is 0 Å². The summed E-state index contributed by atoms with van der Waals surface area (Å²) in [6.45, 7) is 3.62. The van der Waals surface area contributed by atoms with Crippen LogP contribution in [0.15, 0.2) is 48.7 Å². The Labute approximate surface area is 157 Å². The second kappa shape index (κ2) is 6.27. The molecular formula is C22H22N4O. The number of benzene rings is 2. The molecule has 1 aliphatic rings. The zero-order chi connectivity index (χ0) is 18.4. The van der Waals surface area contributed by atoms with E-state index < -0.39 is 0 Å². The zero-order valence-corrected chi connectivity index (χ0v) is 15.3. The third kappa shape index (κ3) is 2.79. The summed E-state index contributed by atoms with van der Waals surface area (Å²) in [5.41, 5.74) is 5.12. The second-order valence-electron chi connectivity index (χ2n) is 7.44. The molecule has 4 aromatic rings. The fourth-order valence-corrected chi connectivity index (χ4v) is 4.11. The average Bonchev–Trinajstić information content (AvgIpc) is 3.34. The number of fused-ring (bicyclic) bond motifs is 2. The van der Waals surface area contributed by atoms with Gasteiger partial charge in [0.2, 0.25) is 0 Å². The highest BCUT2D eigenvalue weighted by Crippen LogP contribution is 2.29. The molecule has 3 heterocycles. The van der Waals surface area contributed by atoms with Crippen molar-refractivity contribution in [3.63, 3.8) is 0 Å². The van der Waals surface area contributed by atoms with Crippen molar-refractivity contribution >= 4 is 27.8 Å². The molecule has 0 atom stereocenters. The third-order valence-corrected chi connectivity index (χ3v) is 5.70. The zero-order valence-electron chi connectivity index (χ0n) is 15.3. The molecular weight excluding hydrogens is 336 g/mol. The van der Waals surface area contributed by atoms with Crippen LogP contribution in [-0.2, 0) is 0 Å². The number of aromatic amines is 2. The van der Waals surface area contributed by atoms with Gasteiger partial charge in [0.1, 0.15) is 5.82 Å². The number of carbonyl (C=O) groups excluding carboxylic acids is 1. The summed E-state index contributed by atoms with van der Waals surface area (Å²) in [6, 6.07) is 14.1. The third-order valence-electron chi connectivity index (χ3n) is 5.70. The molecule has 0 bridgehead atoms. The first-order chi connectivity index (χ1) is 13.2. The first-order valence-electron chi connectivity index (χ1n) is 9.51. The van der Waals surface area contributed by atoms with Crippen molar-refractivity contribution in [2.24, 2.45) is 0 Å². The fourth-order valence-electron chi connectivity index (χ4n) is 4.11. The Morgan fingerprint density at radius 2 is 1.96 bits per heavy atom. The van der Waals surface area contributed by atoms with E-state index in [4.69, 9.17) is 4.98 Å². The van der Waals surface area contributed by atoms with E-state index in [-0.39, 0.29) is 5.91 Å². The number of hydrogen-bond donors (Lipinski definition) is 2. The second-order valence-corrected chi connectivity index (χ2v) is 7.44. The number of para-hydroxylation sites is 1. The topological polar surface area (TPSA) is 64.8 Å². The highest BCUT2D eigenvalue weighted by Gasteiger charge is 2.26. The standard InChI is InChI=1S/C22H22N4O/c1-14-3-2-4-18-20(14)25-21(24-18)16-8-11-26(12-9-16)22(27)17-6-5-15-7-10-23-19(15)13-17/h2-7,10,13,16,23H,8-9,11-12H2,1H3,(H,24,25). The lowest BCUT2D eigenvalue weighted by Crippen LogP contribution is -2.38. The number of nitrogens with one attached hydrogen (secondary N) is 2. The first-order valence-corrected chi connectivity index (χ1v) is 9.51. The van der Waals surface area contributed by atoms with Crippen molar-refractivity contribution in [3.05, 3.63) is 65.6 Å². The molecule has 5 heteroatoms. The van der Waals surface area contributed by atoms with Crippen LogP contribution in [0.5, 0.6) is 0 Å². The SMILES string of the molecule is Cc1cccc2[nH]c(C3CCN(C(=O)c4ccc5cc[nH]c5c4)CC3)nc12. The van der Waals surface area contributed by atoms with Crippen molar-refractivity contribution in [3.8, 4) is 0 Å². The van der Waals surface area contributed by atoms with Gasteiger partial charge in [0.05, 0.1) is 11.0 Å². The van der Waals surface area contributed by atoms with Gasteiger partial charge in [0.15, 0.2) is 0 Å². The van der Waals surface area contributed by atoms with E-state index in [2.05, 4.69) is 35.1 Å². The highest BCUT2D eigenvalue weighted by atomic mass is 16.2. The van der Waals surface area contributed by atoms with Gasteiger partial charge in [-0.05, 0) is 55.0 Å². The van der Waals surface area contributed by atoms with Gasteiger partial charge in [0.25, 0.3) is 5.91 Å². The summed E-state index contributed by atoms with van der Waals surface area (Å²) in [4.78, 5) is 26.3. The van der Waals surface area contributed by atoms with E-state index in [1.54, 1.807) is 0 Å². The minimum Gasteiger partial charge on any atom is -0.361 e. The molecule has 2 aromatic heterocycles. The van der Waals surface area contributed by atoms with Crippen molar-refractivity contribution in [1.29, 1.82) is 0 Å². The Morgan fingerprint density at radius 1 is 1.11 bits per heavy atom. The summed E-state index contributed by atoms with van der Waals surface area (Å²) in [5, 5.41) is 1.13. The molecule has 136 valence electrons. The minimum absolute atomic E-state index is 0.116. The van der Waals surface area contributed by atoms with E-state index in [1.165, 1.54) is 5.56 Å². The van der Waals surface area contributed by atoms with E-state index in [0.29, 0.717) is 5.92 Å². The van der Waals surface area contributed by atoms with E-state index in [0.717, 1.165) is 59.3 Å². The molecule has 0 unspecified atom stereocenters. The van der Waals surface area contributed by atoms with Gasteiger partial charge in [0, 0.05) is 36.3 Å². The molecule has 27 heavy (non-hydrogen) atoms. The molecule has 0 radical (unpaired) electrons. The van der Waals surface area contributed by atoms with E-state index >= 15 is 0 Å². The van der Waals surface area contributed by atoms with Gasteiger partial charge in [-0.3, -0.25) is 4.79 Å². The minimum atomic E-state index is 0.116. The first kappa shape index (κ1) is 16.1. The molecule has 1 fully saturated rings. The van der Waals surface area contributed by atoms with Crippen LogP contribution in [0, 0.1) is 6.92 Å². The maximum Gasteiger partial charge on any atom is 0.253 e. The summed E-state index contributed by atoms with van der Waals surface area (Å²) in [5.74, 6) is 1.55. The lowest BCUT2D eigenvalue weighted by Gasteiger charge is -2.31. The van der Waals surface area contributed by atoms with Crippen molar-refractivity contribution in [1.82, 2.24) is 19.9 Å². The highest BCUT2D eigenvalue weighted by molar-refractivity contribution is 5.98. The maximum absolute atomic E-state index is 12.9. The number of hydrogen-bond acceptors (Lipinski definition) is 2. The van der Waals surface area contributed by atoms with Crippen LogP contribution in [0.3, 0.4) is 0 Å². The Balaban J connectivity index is 1.31. The van der Waals surface area contributed by atoms with Gasteiger partial charge in [-0.1, -0.05) is 18.2 Å². The van der Waals surface area contributed by atoms with Crippen LogP contribution >= 0.6 is 0 Å². The van der Waals surface area contributed by atoms with Crippen LogP contribution in [0.1, 0.15) is 40.5 Å². The number of nitrogens with zero attached hydrogens (tertiary/aromatic N) is 2. The Hall–Kier alpha value is -3.08. The lowest BCUT2D eigenvalue weighted by atomic mass is 9.95. The van der Waals surface area contributed by atoms with Gasteiger partial charge < -0.3 is 14.9 Å².